The van der Waals surface area contributed by atoms with E-state index in [0.717, 1.165) is 68.3 Å². The van der Waals surface area contributed by atoms with Crippen LogP contribution in [0.2, 0.25) is 0 Å². The molecule has 2 aromatic heterocycles. The number of pyridine rings is 1. The lowest BCUT2D eigenvalue weighted by atomic mass is 9.84. The normalized spacial score (nSPS) is 21.0. The van der Waals surface area contributed by atoms with E-state index in [4.69, 9.17) is 0 Å². The Hall–Kier alpha value is -2.64. The maximum Gasteiger partial charge on any atom is 0.252 e. The van der Waals surface area contributed by atoms with Gasteiger partial charge in [-0.05, 0) is 69.2 Å². The van der Waals surface area contributed by atoms with Gasteiger partial charge in [0, 0.05) is 48.1 Å². The Morgan fingerprint density at radius 3 is 2.82 bits per heavy atom. The summed E-state index contributed by atoms with van der Waals surface area (Å²) in [6.07, 6.45) is 8.35. The van der Waals surface area contributed by atoms with Crippen molar-refractivity contribution in [2.45, 2.75) is 58.0 Å². The minimum absolute atomic E-state index is 0.00867. The molecule has 172 valence electrons. The lowest BCUT2D eigenvalue weighted by Gasteiger charge is -2.32. The van der Waals surface area contributed by atoms with Crippen LogP contribution >= 0.6 is 11.3 Å². The molecule has 1 saturated carbocycles. The van der Waals surface area contributed by atoms with Gasteiger partial charge in [0.05, 0.1) is 11.2 Å². The van der Waals surface area contributed by atoms with Gasteiger partial charge in [-0.2, -0.15) is 0 Å². The first-order valence-corrected chi connectivity index (χ1v) is 12.7. The van der Waals surface area contributed by atoms with E-state index in [1.165, 1.54) is 11.3 Å². The summed E-state index contributed by atoms with van der Waals surface area (Å²) >= 11 is 1.57. The van der Waals surface area contributed by atoms with Crippen LogP contribution in [0.1, 0.15) is 69.8 Å². The Bertz CT molecular complexity index is 1160. The van der Waals surface area contributed by atoms with Gasteiger partial charge in [-0.25, -0.2) is 4.98 Å². The monoisotopic (exact) mass is 462 g/mol. The molecule has 0 saturated heterocycles. The van der Waals surface area contributed by atoms with E-state index in [2.05, 4.69) is 20.2 Å². The van der Waals surface area contributed by atoms with Gasteiger partial charge in [0.15, 0.2) is 10.8 Å². The van der Waals surface area contributed by atoms with Gasteiger partial charge in [0.1, 0.15) is 0 Å². The fraction of sp³-hybridized carbons (Fsp3) is 0.462. The molecule has 0 radical (unpaired) electrons. The minimum atomic E-state index is 0.00867. The topological polar surface area (TPSA) is 75.2 Å². The maximum atomic E-state index is 12.9. The van der Waals surface area contributed by atoms with Crippen molar-refractivity contribution in [3.63, 3.8) is 0 Å². The zero-order valence-corrected chi connectivity index (χ0v) is 19.9. The summed E-state index contributed by atoms with van der Waals surface area (Å²) in [6, 6.07) is 9.82. The third kappa shape index (κ3) is 4.99. The van der Waals surface area contributed by atoms with Crippen molar-refractivity contribution in [2.24, 2.45) is 5.92 Å². The predicted octanol–water partition coefficient (Wildman–Crippen LogP) is 4.63. The standard InChI is InChI=1S/C26H30N4O2S/c1-17(31)26-29-23-16-30(15-12-24(23)33-26)14-11-18-7-9-19(10-8-18)28-25(32)21-4-2-6-22-20(21)5-3-13-27-22/h2-6,13,18-19H,7-12,14-16H2,1H3,(H,28,32). The summed E-state index contributed by atoms with van der Waals surface area (Å²) < 4.78 is 0. The van der Waals surface area contributed by atoms with E-state index in [1.54, 1.807) is 24.5 Å². The smallest absolute Gasteiger partial charge is 0.252 e. The fourth-order valence-electron chi connectivity index (χ4n) is 5.12. The van der Waals surface area contributed by atoms with E-state index >= 15 is 0 Å². The van der Waals surface area contributed by atoms with Crippen molar-refractivity contribution in [2.75, 3.05) is 13.1 Å². The van der Waals surface area contributed by atoms with Crippen molar-refractivity contribution >= 4 is 33.9 Å². The average Bonchev–Trinajstić information content (AvgIpc) is 3.27. The molecule has 6 nitrogen and oxygen atoms in total. The Morgan fingerprint density at radius 1 is 1.15 bits per heavy atom. The highest BCUT2D eigenvalue weighted by Crippen LogP contribution is 2.30. The molecule has 1 aromatic carbocycles. The number of fused-ring (bicyclic) bond motifs is 2. The predicted molar refractivity (Wildman–Crippen MR) is 131 cm³/mol. The summed E-state index contributed by atoms with van der Waals surface area (Å²) in [5, 5.41) is 4.83. The highest BCUT2D eigenvalue weighted by atomic mass is 32.1. The van der Waals surface area contributed by atoms with Crippen molar-refractivity contribution in [3.05, 3.63) is 57.7 Å². The molecule has 0 atom stereocenters. The van der Waals surface area contributed by atoms with Gasteiger partial charge in [0.2, 0.25) is 0 Å². The third-order valence-electron chi connectivity index (χ3n) is 7.03. The van der Waals surface area contributed by atoms with Crippen molar-refractivity contribution < 1.29 is 9.59 Å². The Morgan fingerprint density at radius 2 is 2.00 bits per heavy atom. The summed E-state index contributed by atoms with van der Waals surface area (Å²) in [7, 11) is 0. The third-order valence-corrected chi connectivity index (χ3v) is 8.29. The van der Waals surface area contributed by atoms with Gasteiger partial charge in [0.25, 0.3) is 5.91 Å². The van der Waals surface area contributed by atoms with Crippen LogP contribution in [0.5, 0.6) is 0 Å². The van der Waals surface area contributed by atoms with Crippen LogP contribution in [0.15, 0.2) is 36.5 Å². The van der Waals surface area contributed by atoms with E-state index in [0.29, 0.717) is 16.5 Å². The molecular weight excluding hydrogens is 432 g/mol. The number of nitrogens with zero attached hydrogens (tertiary/aromatic N) is 3. The van der Waals surface area contributed by atoms with Crippen LogP contribution < -0.4 is 5.32 Å². The summed E-state index contributed by atoms with van der Waals surface area (Å²) in [6.45, 7) is 4.60. The second-order valence-corrected chi connectivity index (χ2v) is 10.4. The number of hydrogen-bond donors (Lipinski definition) is 1. The fourth-order valence-corrected chi connectivity index (χ4v) is 6.07. The number of carbonyl (C=O) groups excluding carboxylic acids is 2. The molecule has 7 heteroatoms. The highest BCUT2D eigenvalue weighted by Gasteiger charge is 2.26. The zero-order chi connectivity index (χ0) is 22.8. The molecule has 1 aliphatic carbocycles. The summed E-state index contributed by atoms with van der Waals surface area (Å²) in [5.41, 5.74) is 2.67. The number of carbonyl (C=O) groups is 2. The van der Waals surface area contributed by atoms with Crippen molar-refractivity contribution in [1.29, 1.82) is 0 Å². The van der Waals surface area contributed by atoms with Crippen molar-refractivity contribution in [1.82, 2.24) is 20.2 Å². The molecule has 33 heavy (non-hydrogen) atoms. The van der Waals surface area contributed by atoms with Crippen LogP contribution in [-0.2, 0) is 13.0 Å². The van der Waals surface area contributed by atoms with Gasteiger partial charge in [-0.1, -0.05) is 12.1 Å². The minimum Gasteiger partial charge on any atom is -0.349 e. The first-order chi connectivity index (χ1) is 16.1. The second-order valence-electron chi connectivity index (χ2n) is 9.33. The second kappa shape index (κ2) is 9.69. The summed E-state index contributed by atoms with van der Waals surface area (Å²) in [5.74, 6) is 0.792. The van der Waals surface area contributed by atoms with E-state index < -0.39 is 0 Å². The molecule has 2 aliphatic rings. The largest absolute Gasteiger partial charge is 0.349 e. The number of aromatic nitrogens is 2. The molecule has 3 heterocycles. The summed E-state index contributed by atoms with van der Waals surface area (Å²) in [4.78, 5) is 37.2. The number of thiazole rings is 1. The van der Waals surface area contributed by atoms with Crippen LogP contribution in [0, 0.1) is 5.92 Å². The lowest BCUT2D eigenvalue weighted by molar-refractivity contribution is 0.0920. The molecule has 1 fully saturated rings. The van der Waals surface area contributed by atoms with E-state index in [9.17, 15) is 9.59 Å². The molecule has 1 N–H and O–H groups in total. The molecular formula is C26H30N4O2S. The molecule has 0 unspecified atom stereocenters. The van der Waals surface area contributed by atoms with Gasteiger partial charge >= 0.3 is 0 Å². The molecule has 3 aromatic rings. The SMILES string of the molecule is CC(=O)c1nc2c(s1)CCN(CCC1CCC(NC(=O)c3cccc4ncccc34)CC1)C2. The van der Waals surface area contributed by atoms with E-state index in [1.807, 2.05) is 30.3 Å². The number of amides is 1. The Balaban J connectivity index is 1.09. The first-order valence-electron chi connectivity index (χ1n) is 11.9. The van der Waals surface area contributed by atoms with Crippen molar-refractivity contribution in [3.8, 4) is 0 Å². The Kier molecular flexibility index (Phi) is 6.51. The van der Waals surface area contributed by atoms with Gasteiger partial charge in [-0.15, -0.1) is 11.3 Å². The number of ketones is 1. The highest BCUT2D eigenvalue weighted by molar-refractivity contribution is 7.13. The number of rotatable bonds is 6. The maximum absolute atomic E-state index is 12.9. The van der Waals surface area contributed by atoms with Gasteiger partial charge < -0.3 is 5.32 Å². The number of benzene rings is 1. The van der Waals surface area contributed by atoms with Gasteiger partial charge in [-0.3, -0.25) is 19.5 Å². The van der Waals surface area contributed by atoms with Crippen LogP contribution in [0.3, 0.4) is 0 Å². The Labute approximate surface area is 198 Å². The molecule has 1 aliphatic heterocycles. The first kappa shape index (κ1) is 22.2. The van der Waals surface area contributed by atoms with E-state index in [-0.39, 0.29) is 17.7 Å². The lowest BCUT2D eigenvalue weighted by Crippen LogP contribution is -2.38. The average molecular weight is 463 g/mol. The van der Waals surface area contributed by atoms with Crippen LogP contribution in [0.25, 0.3) is 10.9 Å². The number of nitrogens with one attached hydrogen (secondary N) is 1. The number of hydrogen-bond acceptors (Lipinski definition) is 6. The van der Waals surface area contributed by atoms with Crippen LogP contribution in [-0.4, -0.2) is 45.7 Å². The van der Waals surface area contributed by atoms with Crippen LogP contribution in [0.4, 0.5) is 0 Å². The quantitative estimate of drug-likeness (QED) is 0.541. The molecule has 1 amide bonds. The zero-order valence-electron chi connectivity index (χ0n) is 19.0. The molecule has 5 rings (SSSR count). The molecule has 0 spiro atoms. The number of Topliss-reactive ketones (excluding diaryl/α,β-unsaturated/α-hetero) is 1. The molecule has 0 bridgehead atoms.